The van der Waals surface area contributed by atoms with Crippen molar-refractivity contribution in [1.82, 2.24) is 5.32 Å². The first kappa shape index (κ1) is 14.8. The van der Waals surface area contributed by atoms with E-state index in [1.165, 1.54) is 25.3 Å². The van der Waals surface area contributed by atoms with Crippen LogP contribution in [0, 0.1) is 11.2 Å². The number of hydrogen-bond acceptors (Lipinski definition) is 2. The van der Waals surface area contributed by atoms with E-state index in [1.807, 2.05) is 6.07 Å². The Hall–Kier alpha value is -0.640. The minimum absolute atomic E-state index is 0.241. The molecule has 2 rings (SSSR count). The third-order valence-electron chi connectivity index (χ3n) is 3.99. The summed E-state index contributed by atoms with van der Waals surface area (Å²) in [7, 11) is 1.70. The highest BCUT2D eigenvalue weighted by Gasteiger charge is 2.37. The molecule has 1 saturated carbocycles. The number of hydrogen-bond donors (Lipinski definition) is 1. The molecule has 1 N–H and O–H groups in total. The van der Waals surface area contributed by atoms with Gasteiger partial charge in [0.1, 0.15) is 5.82 Å². The number of nitrogens with one attached hydrogen (secondary N) is 1. The third kappa shape index (κ3) is 3.68. The SMILES string of the molecule is COCCNCC1(Cc2cccc(F)c2Cl)CCC1. The molecule has 0 aromatic heterocycles. The van der Waals surface area contributed by atoms with Gasteiger partial charge in [0.05, 0.1) is 11.6 Å². The van der Waals surface area contributed by atoms with Gasteiger partial charge in [-0.15, -0.1) is 0 Å². The van der Waals surface area contributed by atoms with Gasteiger partial charge < -0.3 is 10.1 Å². The van der Waals surface area contributed by atoms with E-state index >= 15 is 0 Å². The monoisotopic (exact) mass is 285 g/mol. The molecule has 0 spiro atoms. The molecule has 0 saturated heterocycles. The second-order valence-corrected chi connectivity index (χ2v) is 5.79. The summed E-state index contributed by atoms with van der Waals surface area (Å²) in [5, 5.41) is 3.70. The Morgan fingerprint density at radius 1 is 1.42 bits per heavy atom. The van der Waals surface area contributed by atoms with Crippen LogP contribution in [0.4, 0.5) is 4.39 Å². The number of rotatable bonds is 7. The molecular formula is C15H21ClFNO. The molecule has 0 aliphatic heterocycles. The van der Waals surface area contributed by atoms with Crippen molar-refractivity contribution in [3.63, 3.8) is 0 Å². The minimum atomic E-state index is -0.319. The van der Waals surface area contributed by atoms with E-state index in [-0.39, 0.29) is 16.3 Å². The summed E-state index contributed by atoms with van der Waals surface area (Å²) < 4.78 is 18.5. The van der Waals surface area contributed by atoms with Gasteiger partial charge >= 0.3 is 0 Å². The Kier molecular flexibility index (Phi) is 5.20. The van der Waals surface area contributed by atoms with Gasteiger partial charge in [0.15, 0.2) is 0 Å². The van der Waals surface area contributed by atoms with Crippen molar-refractivity contribution in [2.75, 3.05) is 26.8 Å². The molecule has 1 aromatic carbocycles. The molecule has 0 radical (unpaired) electrons. The zero-order valence-electron chi connectivity index (χ0n) is 11.3. The summed E-state index contributed by atoms with van der Waals surface area (Å²) in [6, 6.07) is 5.08. The molecule has 2 nitrogen and oxygen atoms in total. The minimum Gasteiger partial charge on any atom is -0.383 e. The van der Waals surface area contributed by atoms with E-state index in [0.717, 1.165) is 31.7 Å². The Bertz CT molecular complexity index is 421. The maximum atomic E-state index is 13.5. The number of halogens is 2. The quantitative estimate of drug-likeness (QED) is 0.775. The first-order valence-corrected chi connectivity index (χ1v) is 7.17. The van der Waals surface area contributed by atoms with Gasteiger partial charge in [0.25, 0.3) is 0 Å². The highest BCUT2D eigenvalue weighted by molar-refractivity contribution is 6.31. The van der Waals surface area contributed by atoms with Crippen molar-refractivity contribution in [1.29, 1.82) is 0 Å². The molecule has 0 amide bonds. The molecule has 0 atom stereocenters. The van der Waals surface area contributed by atoms with Gasteiger partial charge in [-0.05, 0) is 36.3 Å². The highest BCUT2D eigenvalue weighted by atomic mass is 35.5. The lowest BCUT2D eigenvalue weighted by molar-refractivity contribution is 0.123. The van der Waals surface area contributed by atoms with E-state index in [0.29, 0.717) is 0 Å². The lowest BCUT2D eigenvalue weighted by Crippen LogP contribution is -2.42. The molecule has 1 aromatic rings. The van der Waals surface area contributed by atoms with Crippen LogP contribution < -0.4 is 5.32 Å². The Morgan fingerprint density at radius 2 is 2.21 bits per heavy atom. The molecule has 1 fully saturated rings. The fourth-order valence-electron chi connectivity index (χ4n) is 2.71. The van der Waals surface area contributed by atoms with Crippen molar-refractivity contribution in [2.45, 2.75) is 25.7 Å². The van der Waals surface area contributed by atoms with Gasteiger partial charge in [0.2, 0.25) is 0 Å². The molecule has 0 bridgehead atoms. The Balaban J connectivity index is 1.96. The van der Waals surface area contributed by atoms with E-state index < -0.39 is 0 Å². The van der Waals surface area contributed by atoms with Crippen molar-refractivity contribution in [3.05, 3.63) is 34.6 Å². The first-order valence-electron chi connectivity index (χ1n) is 6.79. The lowest BCUT2D eigenvalue weighted by atomic mass is 9.65. The summed E-state index contributed by atoms with van der Waals surface area (Å²) in [4.78, 5) is 0. The van der Waals surface area contributed by atoms with Crippen LogP contribution in [-0.4, -0.2) is 26.8 Å². The van der Waals surface area contributed by atoms with E-state index in [9.17, 15) is 4.39 Å². The van der Waals surface area contributed by atoms with Gasteiger partial charge in [0, 0.05) is 20.2 Å². The average Bonchev–Trinajstić information content (AvgIpc) is 2.36. The normalized spacial score (nSPS) is 17.2. The van der Waals surface area contributed by atoms with E-state index in [1.54, 1.807) is 13.2 Å². The predicted molar refractivity (Wildman–Crippen MR) is 76.1 cm³/mol. The van der Waals surface area contributed by atoms with Crippen LogP contribution in [-0.2, 0) is 11.2 Å². The largest absolute Gasteiger partial charge is 0.383 e. The number of methoxy groups -OCH3 is 1. The number of ether oxygens (including phenoxy) is 1. The highest BCUT2D eigenvalue weighted by Crippen LogP contribution is 2.44. The van der Waals surface area contributed by atoms with Crippen LogP contribution >= 0.6 is 11.6 Å². The molecule has 106 valence electrons. The molecule has 4 heteroatoms. The van der Waals surface area contributed by atoms with Crippen LogP contribution in [0.25, 0.3) is 0 Å². The van der Waals surface area contributed by atoms with Crippen molar-refractivity contribution >= 4 is 11.6 Å². The second kappa shape index (κ2) is 6.69. The van der Waals surface area contributed by atoms with Crippen LogP contribution in [0.2, 0.25) is 5.02 Å². The maximum absolute atomic E-state index is 13.5. The summed E-state index contributed by atoms with van der Waals surface area (Å²) in [6.45, 7) is 2.52. The first-order chi connectivity index (χ1) is 9.17. The van der Waals surface area contributed by atoms with Gasteiger partial charge in [-0.1, -0.05) is 30.2 Å². The van der Waals surface area contributed by atoms with E-state index in [2.05, 4.69) is 5.32 Å². The van der Waals surface area contributed by atoms with E-state index in [4.69, 9.17) is 16.3 Å². The van der Waals surface area contributed by atoms with Gasteiger partial charge in [-0.3, -0.25) is 0 Å². The fourth-order valence-corrected chi connectivity index (χ4v) is 2.90. The molecular weight excluding hydrogens is 265 g/mol. The van der Waals surface area contributed by atoms with Crippen molar-refractivity contribution in [2.24, 2.45) is 5.41 Å². The summed E-state index contributed by atoms with van der Waals surface area (Å²) in [5.41, 5.74) is 1.17. The van der Waals surface area contributed by atoms with Crippen molar-refractivity contribution in [3.8, 4) is 0 Å². The smallest absolute Gasteiger partial charge is 0.142 e. The zero-order chi connectivity index (χ0) is 13.7. The van der Waals surface area contributed by atoms with Crippen LogP contribution in [0.1, 0.15) is 24.8 Å². The van der Waals surface area contributed by atoms with Gasteiger partial charge in [-0.2, -0.15) is 0 Å². The number of benzene rings is 1. The summed E-state index contributed by atoms with van der Waals surface area (Å²) in [5.74, 6) is -0.319. The fraction of sp³-hybridized carbons (Fsp3) is 0.600. The standard InChI is InChI=1S/C15H21ClFNO/c1-19-9-8-18-11-15(6-3-7-15)10-12-4-2-5-13(17)14(12)16/h2,4-5,18H,3,6-11H2,1H3. The second-order valence-electron chi connectivity index (χ2n) is 5.41. The molecule has 1 aliphatic rings. The molecule has 1 aliphatic carbocycles. The maximum Gasteiger partial charge on any atom is 0.142 e. The van der Waals surface area contributed by atoms with Crippen molar-refractivity contribution < 1.29 is 9.13 Å². The van der Waals surface area contributed by atoms with Gasteiger partial charge in [-0.25, -0.2) is 4.39 Å². The summed E-state index contributed by atoms with van der Waals surface area (Å²) >= 11 is 6.05. The lowest BCUT2D eigenvalue weighted by Gasteiger charge is -2.42. The Labute approximate surface area is 119 Å². The van der Waals surface area contributed by atoms with Crippen LogP contribution in [0.3, 0.4) is 0 Å². The molecule has 19 heavy (non-hydrogen) atoms. The molecule has 0 unspecified atom stereocenters. The Morgan fingerprint density at radius 3 is 2.84 bits per heavy atom. The topological polar surface area (TPSA) is 21.3 Å². The summed E-state index contributed by atoms with van der Waals surface area (Å²) in [6.07, 6.45) is 4.46. The average molecular weight is 286 g/mol. The predicted octanol–water partition coefficient (Wildman–Crippen LogP) is 3.43. The van der Waals surface area contributed by atoms with Crippen LogP contribution in [0.5, 0.6) is 0 Å². The third-order valence-corrected chi connectivity index (χ3v) is 4.42. The molecule has 0 heterocycles. The van der Waals surface area contributed by atoms with Crippen LogP contribution in [0.15, 0.2) is 18.2 Å². The zero-order valence-corrected chi connectivity index (χ0v) is 12.1.